The van der Waals surface area contributed by atoms with Crippen molar-refractivity contribution in [2.75, 3.05) is 6.54 Å². The van der Waals surface area contributed by atoms with E-state index in [1.807, 2.05) is 0 Å². The minimum absolute atomic E-state index is 0.369. The first-order valence-corrected chi connectivity index (χ1v) is 5.07. The highest BCUT2D eigenvalue weighted by Crippen LogP contribution is 2.22. The van der Waals surface area contributed by atoms with E-state index in [9.17, 15) is 22.8 Å². The van der Waals surface area contributed by atoms with Gasteiger partial charge in [-0.1, -0.05) is 30.3 Å². The Hall–Kier alpha value is -2.25. The number of carbonyl (C=O) groups is 2. The summed E-state index contributed by atoms with van der Waals surface area (Å²) in [5, 5.41) is 8.33. The first-order valence-electron chi connectivity index (χ1n) is 5.07. The maximum Gasteiger partial charge on any atom is 0.490 e. The molecule has 0 unspecified atom stereocenters. The van der Waals surface area contributed by atoms with Crippen molar-refractivity contribution in [1.29, 1.82) is 0 Å². The van der Waals surface area contributed by atoms with Crippen LogP contribution in [0.25, 0.3) is 0 Å². The van der Waals surface area contributed by atoms with Crippen LogP contribution in [0.1, 0.15) is 5.56 Å². The minimum Gasteiger partial charge on any atom is -0.480 e. The molecule has 0 fully saturated rings. The van der Waals surface area contributed by atoms with Crippen LogP contribution >= 0.6 is 0 Å². The zero-order valence-corrected chi connectivity index (χ0v) is 9.55. The summed E-state index contributed by atoms with van der Waals surface area (Å²) in [6, 6.07) is 8.06. The third kappa shape index (κ3) is 4.86. The van der Waals surface area contributed by atoms with Gasteiger partial charge in [-0.25, -0.2) is 9.69 Å². The summed E-state index contributed by atoms with van der Waals surface area (Å²) in [7, 11) is 0. The Labute approximate surface area is 106 Å². The van der Waals surface area contributed by atoms with Gasteiger partial charge in [-0.05, 0) is 5.56 Å². The number of aliphatic carboxylic acids is 1. The highest BCUT2D eigenvalue weighted by atomic mass is 19.4. The summed E-state index contributed by atoms with van der Waals surface area (Å²) in [5.41, 5.74) is 0.494. The number of halogens is 3. The fourth-order valence-corrected chi connectivity index (χ4v) is 1.19. The number of carboxylic acid groups (broad SMARTS) is 1. The van der Waals surface area contributed by atoms with E-state index in [1.54, 1.807) is 30.3 Å². The number of hydrogen-bond acceptors (Lipinski definition) is 3. The second kappa shape index (κ2) is 6.07. The maximum atomic E-state index is 12.4. The average Bonchev–Trinajstić information content (AvgIpc) is 2.33. The van der Waals surface area contributed by atoms with Gasteiger partial charge in [0.25, 0.3) is 0 Å². The summed E-state index contributed by atoms with van der Waals surface area (Å²) < 4.78 is 41.7. The molecule has 0 radical (unpaired) electrons. The molecule has 104 valence electrons. The molecule has 1 amide bonds. The molecule has 1 aromatic rings. The van der Waals surface area contributed by atoms with E-state index in [0.29, 0.717) is 5.56 Å². The quantitative estimate of drug-likeness (QED) is 0.857. The van der Waals surface area contributed by atoms with Gasteiger partial charge in [0.2, 0.25) is 0 Å². The van der Waals surface area contributed by atoms with E-state index in [4.69, 9.17) is 5.11 Å². The van der Waals surface area contributed by atoms with Crippen LogP contribution in [0.5, 0.6) is 0 Å². The summed E-state index contributed by atoms with van der Waals surface area (Å²) in [5.74, 6) is -1.78. The molecule has 1 rings (SSSR count). The predicted molar refractivity (Wildman–Crippen MR) is 57.0 cm³/mol. The summed E-state index contributed by atoms with van der Waals surface area (Å²) in [6.07, 6.45) is -6.86. The minimum atomic E-state index is -5.10. The highest BCUT2D eigenvalue weighted by Gasteiger charge is 2.43. The molecule has 0 aliphatic heterocycles. The third-order valence-electron chi connectivity index (χ3n) is 2.02. The molecule has 1 aromatic carbocycles. The van der Waals surface area contributed by atoms with Crippen molar-refractivity contribution < 1.29 is 32.6 Å². The fourth-order valence-electron chi connectivity index (χ4n) is 1.19. The van der Waals surface area contributed by atoms with Crippen molar-refractivity contribution in [1.82, 2.24) is 4.90 Å². The number of hydrogen-bond donors (Lipinski definition) is 1. The van der Waals surface area contributed by atoms with Crippen LogP contribution in [-0.2, 0) is 16.1 Å². The number of benzene rings is 1. The lowest BCUT2D eigenvalue weighted by atomic mass is 10.2. The molecule has 0 aliphatic rings. The van der Waals surface area contributed by atoms with E-state index in [2.05, 4.69) is 4.74 Å². The molecule has 8 heteroatoms. The largest absolute Gasteiger partial charge is 0.490 e. The molecule has 0 atom stereocenters. The first kappa shape index (κ1) is 14.8. The molecule has 0 saturated carbocycles. The Morgan fingerprint density at radius 2 is 1.79 bits per heavy atom. The van der Waals surface area contributed by atoms with Gasteiger partial charge >= 0.3 is 18.4 Å². The van der Waals surface area contributed by atoms with Crippen LogP contribution in [-0.4, -0.2) is 34.9 Å². The monoisotopic (exact) mass is 277 g/mol. The highest BCUT2D eigenvalue weighted by molar-refractivity contribution is 5.77. The molecular weight excluding hydrogens is 267 g/mol. The zero-order chi connectivity index (χ0) is 14.5. The van der Waals surface area contributed by atoms with Gasteiger partial charge in [0.05, 0.1) is 0 Å². The molecule has 1 N–H and O–H groups in total. The van der Waals surface area contributed by atoms with E-state index in [1.165, 1.54) is 0 Å². The van der Waals surface area contributed by atoms with Gasteiger partial charge in [-0.2, -0.15) is 0 Å². The lowest BCUT2D eigenvalue weighted by Gasteiger charge is -2.22. The standard InChI is InChI=1S/C11H10F3NO4/c12-11(13,14)15(6-9(16)17)10(18)19-7-8-4-2-1-3-5-8/h1-5H,6-7H2,(H,16,17). The smallest absolute Gasteiger partial charge is 0.480 e. The second-order valence-electron chi connectivity index (χ2n) is 3.49. The number of rotatable bonds is 4. The predicted octanol–water partition coefficient (Wildman–Crippen LogP) is 2.23. The number of carbonyl (C=O) groups excluding carboxylic acids is 1. The SMILES string of the molecule is O=C(O)CN(C(=O)OCc1ccccc1)C(F)(F)F. The summed E-state index contributed by atoms with van der Waals surface area (Å²) in [4.78, 5) is 20.7. The number of carboxylic acids is 1. The van der Waals surface area contributed by atoms with Crippen molar-refractivity contribution in [2.24, 2.45) is 0 Å². The number of alkyl halides is 3. The summed E-state index contributed by atoms with van der Waals surface area (Å²) in [6.45, 7) is -1.87. The Morgan fingerprint density at radius 1 is 1.21 bits per heavy atom. The molecule has 19 heavy (non-hydrogen) atoms. The maximum absolute atomic E-state index is 12.4. The van der Waals surface area contributed by atoms with Crippen molar-refractivity contribution in [2.45, 2.75) is 12.9 Å². The Balaban J connectivity index is 2.65. The van der Waals surface area contributed by atoms with Gasteiger partial charge in [0.15, 0.2) is 0 Å². The number of ether oxygens (including phenoxy) is 1. The Morgan fingerprint density at radius 3 is 2.26 bits per heavy atom. The van der Waals surface area contributed by atoms with Crippen LogP contribution in [0.2, 0.25) is 0 Å². The van der Waals surface area contributed by atoms with Gasteiger partial charge in [-0.15, -0.1) is 13.2 Å². The molecule has 0 spiro atoms. The number of amides is 1. The molecule has 0 bridgehead atoms. The van der Waals surface area contributed by atoms with Gasteiger partial charge < -0.3 is 9.84 Å². The average molecular weight is 277 g/mol. The Bertz CT molecular complexity index is 447. The van der Waals surface area contributed by atoms with Gasteiger partial charge in [0, 0.05) is 0 Å². The molecule has 0 saturated heterocycles. The Kier molecular flexibility index (Phi) is 4.74. The van der Waals surface area contributed by atoms with Crippen LogP contribution in [0.15, 0.2) is 30.3 Å². The van der Waals surface area contributed by atoms with Crippen molar-refractivity contribution in [3.8, 4) is 0 Å². The lowest BCUT2D eigenvalue weighted by Crippen LogP contribution is -2.46. The molecule has 0 heterocycles. The van der Waals surface area contributed by atoms with Crippen molar-refractivity contribution in [3.63, 3.8) is 0 Å². The normalized spacial score (nSPS) is 10.9. The van der Waals surface area contributed by atoms with Gasteiger partial charge in [-0.3, -0.25) is 4.79 Å². The lowest BCUT2D eigenvalue weighted by molar-refractivity contribution is -0.232. The van der Waals surface area contributed by atoms with E-state index in [0.717, 1.165) is 0 Å². The van der Waals surface area contributed by atoms with Crippen molar-refractivity contribution in [3.05, 3.63) is 35.9 Å². The molecule has 5 nitrogen and oxygen atoms in total. The van der Waals surface area contributed by atoms with E-state index < -0.39 is 29.8 Å². The topological polar surface area (TPSA) is 66.8 Å². The van der Waals surface area contributed by atoms with E-state index >= 15 is 0 Å². The van der Waals surface area contributed by atoms with E-state index in [-0.39, 0.29) is 6.61 Å². The van der Waals surface area contributed by atoms with Crippen LogP contribution in [0, 0.1) is 0 Å². The summed E-state index contributed by atoms with van der Waals surface area (Å²) >= 11 is 0. The number of nitrogens with zero attached hydrogens (tertiary/aromatic N) is 1. The third-order valence-corrected chi connectivity index (χ3v) is 2.02. The zero-order valence-electron chi connectivity index (χ0n) is 9.55. The van der Waals surface area contributed by atoms with Gasteiger partial charge in [0.1, 0.15) is 13.2 Å². The molecule has 0 aromatic heterocycles. The molecular formula is C11H10F3NO4. The first-order chi connectivity index (χ1) is 8.80. The van der Waals surface area contributed by atoms with Crippen LogP contribution in [0.3, 0.4) is 0 Å². The second-order valence-corrected chi connectivity index (χ2v) is 3.49. The van der Waals surface area contributed by atoms with Crippen LogP contribution in [0.4, 0.5) is 18.0 Å². The van der Waals surface area contributed by atoms with Crippen LogP contribution < -0.4 is 0 Å². The molecule has 0 aliphatic carbocycles. The van der Waals surface area contributed by atoms with Crippen molar-refractivity contribution >= 4 is 12.1 Å². The fraction of sp³-hybridized carbons (Fsp3) is 0.273.